The second-order valence-corrected chi connectivity index (χ2v) is 10.1. The van der Waals surface area contributed by atoms with Gasteiger partial charge < -0.3 is 19.5 Å². The highest BCUT2D eigenvalue weighted by molar-refractivity contribution is 6.08. The Morgan fingerprint density at radius 1 is 0.929 bits per heavy atom. The molecule has 1 heterocycles. The van der Waals surface area contributed by atoms with Crippen LogP contribution in [-0.4, -0.2) is 55.9 Å². The fourth-order valence-electron chi connectivity index (χ4n) is 5.35. The first-order valence-corrected chi connectivity index (χ1v) is 13.8. The average molecular weight is 568 g/mol. The number of fused-ring (bicyclic) bond motifs is 1. The molecular weight excluding hydrogens is 534 g/mol. The summed E-state index contributed by atoms with van der Waals surface area (Å²) in [6.07, 6.45) is 4.77. The summed E-state index contributed by atoms with van der Waals surface area (Å²) in [4.78, 5) is 38.1. The van der Waals surface area contributed by atoms with Crippen LogP contribution in [0.3, 0.4) is 0 Å². The van der Waals surface area contributed by atoms with Crippen LogP contribution in [0.4, 0.5) is 0 Å². The van der Waals surface area contributed by atoms with Gasteiger partial charge in [-0.1, -0.05) is 42.5 Å². The van der Waals surface area contributed by atoms with E-state index in [0.29, 0.717) is 11.3 Å². The highest BCUT2D eigenvalue weighted by Crippen LogP contribution is 2.44. The van der Waals surface area contributed by atoms with E-state index in [1.54, 1.807) is 44.6 Å². The zero-order valence-electron chi connectivity index (χ0n) is 23.6. The van der Waals surface area contributed by atoms with E-state index in [-0.39, 0.29) is 18.5 Å². The number of amides is 2. The Balaban J connectivity index is 1.33. The molecule has 1 N–H and O–H groups in total. The van der Waals surface area contributed by atoms with Gasteiger partial charge in [-0.05, 0) is 78.4 Å². The quantitative estimate of drug-likeness (QED) is 0.373. The van der Waals surface area contributed by atoms with Gasteiger partial charge in [-0.15, -0.1) is 0 Å². The molecule has 3 aromatic rings. The SMILES string of the molecule is COc1ccc(/C=C2/CCC[C@@H]3C2=NN(C(=O)COC(=O)CNC(=O)c2ccccc2)[C@H]3c2ccc(OC)cc2)cc1. The van der Waals surface area contributed by atoms with Gasteiger partial charge in [-0.2, -0.15) is 5.10 Å². The molecule has 5 rings (SSSR count). The normalized spacial score (nSPS) is 18.6. The number of carbonyl (C=O) groups excluding carboxylic acids is 3. The van der Waals surface area contributed by atoms with E-state index in [4.69, 9.17) is 19.3 Å². The number of nitrogens with one attached hydrogen (secondary N) is 1. The molecular formula is C33H33N3O6. The van der Waals surface area contributed by atoms with Crippen LogP contribution in [0, 0.1) is 5.92 Å². The molecule has 42 heavy (non-hydrogen) atoms. The lowest BCUT2D eigenvalue weighted by atomic mass is 9.77. The second kappa shape index (κ2) is 13.2. The Morgan fingerprint density at radius 3 is 2.26 bits per heavy atom. The van der Waals surface area contributed by atoms with Gasteiger partial charge in [-0.25, -0.2) is 5.01 Å². The van der Waals surface area contributed by atoms with Crippen LogP contribution in [-0.2, 0) is 14.3 Å². The smallest absolute Gasteiger partial charge is 0.325 e. The molecule has 9 nitrogen and oxygen atoms in total. The van der Waals surface area contributed by atoms with Crippen molar-refractivity contribution >= 4 is 29.6 Å². The molecule has 2 aliphatic rings. The molecule has 2 atom stereocenters. The minimum atomic E-state index is -0.710. The molecule has 9 heteroatoms. The molecule has 1 aliphatic heterocycles. The number of rotatable bonds is 9. The van der Waals surface area contributed by atoms with Gasteiger partial charge in [0.15, 0.2) is 6.61 Å². The maximum atomic E-state index is 13.5. The first-order chi connectivity index (χ1) is 20.5. The summed E-state index contributed by atoms with van der Waals surface area (Å²) in [5.41, 5.74) is 4.31. The summed E-state index contributed by atoms with van der Waals surface area (Å²) >= 11 is 0. The first-order valence-electron chi connectivity index (χ1n) is 13.8. The summed E-state index contributed by atoms with van der Waals surface area (Å²) in [6.45, 7) is -0.845. The summed E-state index contributed by atoms with van der Waals surface area (Å²) < 4.78 is 15.9. The summed E-state index contributed by atoms with van der Waals surface area (Å²) in [5, 5.41) is 8.80. The number of allylic oxidation sites excluding steroid dienone is 1. The molecule has 1 fully saturated rings. The lowest BCUT2D eigenvalue weighted by Gasteiger charge is -2.29. The molecule has 0 radical (unpaired) electrons. The Bertz CT molecular complexity index is 1480. The lowest BCUT2D eigenvalue weighted by Crippen LogP contribution is -2.36. The van der Waals surface area contributed by atoms with Crippen molar-refractivity contribution in [3.05, 3.63) is 101 Å². The van der Waals surface area contributed by atoms with Crippen LogP contribution >= 0.6 is 0 Å². The number of nitrogens with zero attached hydrogens (tertiary/aromatic N) is 2. The Hall–Kier alpha value is -4.92. The van der Waals surface area contributed by atoms with Gasteiger partial charge in [0.1, 0.15) is 18.0 Å². The van der Waals surface area contributed by atoms with E-state index in [1.165, 1.54) is 5.01 Å². The molecule has 0 spiro atoms. The van der Waals surface area contributed by atoms with E-state index in [2.05, 4.69) is 11.4 Å². The molecule has 1 aliphatic carbocycles. The third-order valence-electron chi connectivity index (χ3n) is 7.46. The summed E-state index contributed by atoms with van der Waals surface area (Å²) in [7, 11) is 3.24. The Morgan fingerprint density at radius 2 is 1.60 bits per heavy atom. The molecule has 1 saturated carbocycles. The van der Waals surface area contributed by atoms with Crippen LogP contribution in [0.5, 0.6) is 11.5 Å². The van der Waals surface area contributed by atoms with Crippen LogP contribution in [0.1, 0.15) is 46.8 Å². The van der Waals surface area contributed by atoms with Gasteiger partial charge in [-0.3, -0.25) is 14.4 Å². The topological polar surface area (TPSA) is 107 Å². The molecule has 0 bridgehead atoms. The monoisotopic (exact) mass is 567 g/mol. The Kier molecular flexibility index (Phi) is 8.96. The highest BCUT2D eigenvalue weighted by atomic mass is 16.5. The third kappa shape index (κ3) is 6.52. The first kappa shape index (κ1) is 28.6. The van der Waals surface area contributed by atoms with Crippen molar-refractivity contribution in [2.45, 2.75) is 25.3 Å². The zero-order valence-corrected chi connectivity index (χ0v) is 23.6. The van der Waals surface area contributed by atoms with E-state index >= 15 is 0 Å². The number of esters is 1. The van der Waals surface area contributed by atoms with Crippen molar-refractivity contribution in [3.8, 4) is 11.5 Å². The number of hydrogen-bond donors (Lipinski definition) is 1. The minimum absolute atomic E-state index is 0.0125. The largest absolute Gasteiger partial charge is 0.497 e. The van der Waals surface area contributed by atoms with Crippen LogP contribution in [0.15, 0.2) is 89.5 Å². The zero-order chi connectivity index (χ0) is 29.5. The van der Waals surface area contributed by atoms with Gasteiger partial charge in [0.05, 0.1) is 26.0 Å². The van der Waals surface area contributed by atoms with Crippen LogP contribution in [0.2, 0.25) is 0 Å². The standard InChI is InChI=1S/C33H33N3O6/c1-40-26-15-11-22(12-16-26)19-25-9-6-10-28-31(25)35-36(32(28)23-13-17-27(41-2)18-14-23)29(37)21-42-30(38)20-34-33(39)24-7-4-3-5-8-24/h3-5,7-8,11-19,28,32H,6,9-10,20-21H2,1-2H3,(H,34,39)/b25-19-/t28-,32+/m1/s1. The predicted octanol–water partition coefficient (Wildman–Crippen LogP) is 4.80. The van der Waals surface area contributed by atoms with E-state index in [0.717, 1.165) is 47.4 Å². The van der Waals surface area contributed by atoms with E-state index < -0.39 is 24.4 Å². The minimum Gasteiger partial charge on any atom is -0.497 e. The molecule has 0 saturated heterocycles. The number of benzene rings is 3. The van der Waals surface area contributed by atoms with Crippen molar-refractivity contribution in [1.29, 1.82) is 0 Å². The second-order valence-electron chi connectivity index (χ2n) is 10.1. The third-order valence-corrected chi connectivity index (χ3v) is 7.46. The highest BCUT2D eigenvalue weighted by Gasteiger charge is 2.43. The number of hydrogen-bond acceptors (Lipinski definition) is 7. The number of ether oxygens (including phenoxy) is 3. The van der Waals surface area contributed by atoms with Gasteiger partial charge in [0, 0.05) is 11.5 Å². The van der Waals surface area contributed by atoms with Crippen molar-refractivity contribution in [2.24, 2.45) is 11.0 Å². The predicted molar refractivity (Wildman–Crippen MR) is 158 cm³/mol. The van der Waals surface area contributed by atoms with Gasteiger partial charge >= 0.3 is 5.97 Å². The fourth-order valence-corrected chi connectivity index (χ4v) is 5.35. The molecule has 0 unspecified atom stereocenters. The number of methoxy groups -OCH3 is 2. The van der Waals surface area contributed by atoms with Gasteiger partial charge in [0.2, 0.25) is 0 Å². The van der Waals surface area contributed by atoms with Crippen LogP contribution in [0.25, 0.3) is 6.08 Å². The van der Waals surface area contributed by atoms with Crippen molar-refractivity contribution in [1.82, 2.24) is 10.3 Å². The molecule has 2 amide bonds. The molecule has 216 valence electrons. The van der Waals surface area contributed by atoms with E-state index in [9.17, 15) is 14.4 Å². The Labute approximate surface area is 244 Å². The summed E-state index contributed by atoms with van der Waals surface area (Å²) in [6, 6.07) is 23.6. The maximum absolute atomic E-state index is 13.5. The van der Waals surface area contributed by atoms with Crippen LogP contribution < -0.4 is 14.8 Å². The van der Waals surface area contributed by atoms with Crippen molar-refractivity contribution < 1.29 is 28.6 Å². The summed E-state index contributed by atoms with van der Waals surface area (Å²) in [5.74, 6) is -0.0679. The van der Waals surface area contributed by atoms with Crippen molar-refractivity contribution in [3.63, 3.8) is 0 Å². The van der Waals surface area contributed by atoms with E-state index in [1.807, 2.05) is 48.5 Å². The fraction of sp³-hybridized carbons (Fsp3) is 0.273. The lowest BCUT2D eigenvalue weighted by molar-refractivity contribution is -0.152. The average Bonchev–Trinajstić information content (AvgIpc) is 3.44. The number of carbonyl (C=O) groups is 3. The van der Waals surface area contributed by atoms with Gasteiger partial charge in [0.25, 0.3) is 11.8 Å². The molecule has 3 aromatic carbocycles. The van der Waals surface area contributed by atoms with Crippen molar-refractivity contribution in [2.75, 3.05) is 27.4 Å². The molecule has 0 aromatic heterocycles. The number of hydrazone groups is 1. The maximum Gasteiger partial charge on any atom is 0.325 e.